The van der Waals surface area contributed by atoms with Crippen molar-refractivity contribution in [3.8, 4) is 11.5 Å². The Morgan fingerprint density at radius 2 is 2.00 bits per heavy atom. The maximum absolute atomic E-state index is 13.6. The third kappa shape index (κ3) is 3.99. The number of hydrogen-bond acceptors (Lipinski definition) is 3. The molecule has 6 heteroatoms. The van der Waals surface area contributed by atoms with Gasteiger partial charge >= 0.3 is 0 Å². The van der Waals surface area contributed by atoms with E-state index in [0.717, 1.165) is 0 Å². The summed E-state index contributed by atoms with van der Waals surface area (Å²) in [6, 6.07) is 9.39. The highest BCUT2D eigenvalue weighted by atomic mass is 79.9. The minimum absolute atomic E-state index is 0.0412. The molecule has 0 aliphatic rings. The summed E-state index contributed by atoms with van der Waals surface area (Å²) in [7, 11) is 0. The largest absolute Gasteiger partial charge is 0.490 e. The first-order chi connectivity index (χ1) is 10.5. The highest BCUT2D eigenvalue weighted by molar-refractivity contribution is 9.10. The van der Waals surface area contributed by atoms with Crippen LogP contribution in [0.5, 0.6) is 11.5 Å². The Hall–Kier alpha value is -1.59. The summed E-state index contributed by atoms with van der Waals surface area (Å²) in [6.07, 6.45) is 0. The number of carbonyl (C=O) groups excluding carboxylic acids is 1. The number of benzene rings is 2. The zero-order valence-electron chi connectivity index (χ0n) is 11.7. The van der Waals surface area contributed by atoms with E-state index in [0.29, 0.717) is 28.1 Å². The fraction of sp³-hybridized carbons (Fsp3) is 0.188. The molecule has 0 aromatic heterocycles. The molecule has 0 bridgehead atoms. The van der Waals surface area contributed by atoms with Gasteiger partial charge in [-0.1, -0.05) is 18.2 Å². The molecule has 0 saturated carbocycles. The standard InChI is InChI=1S/C16H13BrClFO3/c1-2-21-14-8-11(16(18)20)7-12(17)15(14)22-9-10-5-3-4-6-13(10)19/h3-8H,2,9H2,1H3. The van der Waals surface area contributed by atoms with E-state index in [4.69, 9.17) is 21.1 Å². The van der Waals surface area contributed by atoms with Crippen molar-refractivity contribution in [3.05, 3.63) is 57.8 Å². The first kappa shape index (κ1) is 16.8. The molecule has 0 aliphatic carbocycles. The van der Waals surface area contributed by atoms with Gasteiger partial charge in [0.25, 0.3) is 5.24 Å². The van der Waals surface area contributed by atoms with E-state index in [1.54, 1.807) is 18.2 Å². The zero-order valence-corrected chi connectivity index (χ0v) is 14.1. The average Bonchev–Trinajstić information content (AvgIpc) is 2.48. The maximum atomic E-state index is 13.6. The van der Waals surface area contributed by atoms with Crippen molar-refractivity contribution in [2.75, 3.05) is 6.61 Å². The lowest BCUT2D eigenvalue weighted by molar-refractivity contribution is 0.108. The molecule has 2 aromatic carbocycles. The van der Waals surface area contributed by atoms with Crippen LogP contribution in [0.4, 0.5) is 4.39 Å². The number of rotatable bonds is 6. The van der Waals surface area contributed by atoms with Crippen LogP contribution in [0.1, 0.15) is 22.8 Å². The van der Waals surface area contributed by atoms with Crippen molar-refractivity contribution in [2.24, 2.45) is 0 Å². The molecule has 0 saturated heterocycles. The van der Waals surface area contributed by atoms with E-state index >= 15 is 0 Å². The van der Waals surface area contributed by atoms with Gasteiger partial charge in [-0.25, -0.2) is 4.39 Å². The van der Waals surface area contributed by atoms with Gasteiger partial charge in [-0.3, -0.25) is 4.79 Å². The van der Waals surface area contributed by atoms with Crippen molar-refractivity contribution in [1.82, 2.24) is 0 Å². The van der Waals surface area contributed by atoms with Crippen molar-refractivity contribution >= 4 is 32.8 Å². The Morgan fingerprint density at radius 3 is 2.64 bits per heavy atom. The fourth-order valence-electron chi connectivity index (χ4n) is 1.85. The number of halogens is 3. The minimum atomic E-state index is -0.595. The van der Waals surface area contributed by atoms with E-state index in [2.05, 4.69) is 15.9 Å². The van der Waals surface area contributed by atoms with Crippen LogP contribution in [-0.4, -0.2) is 11.8 Å². The van der Waals surface area contributed by atoms with Gasteiger partial charge in [-0.2, -0.15) is 0 Å². The summed E-state index contributed by atoms with van der Waals surface area (Å²) < 4.78 is 25.3. The fourth-order valence-corrected chi connectivity index (χ4v) is 2.52. The molecule has 116 valence electrons. The summed E-state index contributed by atoms with van der Waals surface area (Å²) in [5.41, 5.74) is 0.713. The van der Waals surface area contributed by atoms with Crippen molar-refractivity contribution in [2.45, 2.75) is 13.5 Å². The number of ether oxygens (including phenoxy) is 2. The van der Waals surface area contributed by atoms with Crippen molar-refractivity contribution < 1.29 is 18.7 Å². The normalized spacial score (nSPS) is 10.4. The monoisotopic (exact) mass is 386 g/mol. The Balaban J connectivity index is 2.29. The van der Waals surface area contributed by atoms with Crippen LogP contribution in [0.25, 0.3) is 0 Å². The topological polar surface area (TPSA) is 35.5 Å². The van der Waals surface area contributed by atoms with Gasteiger partial charge in [0.2, 0.25) is 0 Å². The summed E-state index contributed by atoms with van der Waals surface area (Å²) in [5.74, 6) is 0.424. The van der Waals surface area contributed by atoms with Crippen LogP contribution in [-0.2, 0) is 6.61 Å². The van der Waals surface area contributed by atoms with Gasteiger partial charge in [-0.05, 0) is 52.7 Å². The highest BCUT2D eigenvalue weighted by Gasteiger charge is 2.15. The number of hydrogen-bond donors (Lipinski definition) is 0. The first-order valence-corrected chi connectivity index (χ1v) is 7.72. The van der Waals surface area contributed by atoms with Crippen LogP contribution >= 0.6 is 27.5 Å². The van der Waals surface area contributed by atoms with Gasteiger partial charge in [-0.15, -0.1) is 0 Å². The molecule has 0 N–H and O–H groups in total. The molecular formula is C16H13BrClFO3. The summed E-state index contributed by atoms with van der Waals surface area (Å²) >= 11 is 8.81. The van der Waals surface area contributed by atoms with Crippen LogP contribution < -0.4 is 9.47 Å². The second kappa shape index (κ2) is 7.61. The van der Waals surface area contributed by atoms with Gasteiger partial charge < -0.3 is 9.47 Å². The molecule has 0 spiro atoms. The molecular weight excluding hydrogens is 375 g/mol. The molecule has 3 nitrogen and oxygen atoms in total. The molecule has 0 atom stereocenters. The molecule has 0 unspecified atom stereocenters. The Labute approximate surface area is 141 Å². The second-order valence-electron chi connectivity index (χ2n) is 4.37. The maximum Gasteiger partial charge on any atom is 0.252 e. The Bertz CT molecular complexity index is 691. The first-order valence-electron chi connectivity index (χ1n) is 6.55. The quantitative estimate of drug-likeness (QED) is 0.658. The van der Waals surface area contributed by atoms with Gasteiger partial charge in [0.05, 0.1) is 11.1 Å². The van der Waals surface area contributed by atoms with E-state index in [9.17, 15) is 9.18 Å². The summed E-state index contributed by atoms with van der Waals surface area (Å²) in [6.45, 7) is 2.24. The third-order valence-electron chi connectivity index (χ3n) is 2.87. The number of carbonyl (C=O) groups is 1. The smallest absolute Gasteiger partial charge is 0.252 e. The third-order valence-corrected chi connectivity index (χ3v) is 3.67. The van der Waals surface area contributed by atoms with E-state index in [1.807, 2.05) is 6.92 Å². The van der Waals surface area contributed by atoms with E-state index in [-0.39, 0.29) is 18.0 Å². The minimum Gasteiger partial charge on any atom is -0.490 e. The van der Waals surface area contributed by atoms with E-state index in [1.165, 1.54) is 18.2 Å². The molecule has 0 aliphatic heterocycles. The lowest BCUT2D eigenvalue weighted by Crippen LogP contribution is -2.03. The van der Waals surface area contributed by atoms with E-state index < -0.39 is 5.24 Å². The molecule has 0 amide bonds. The zero-order chi connectivity index (χ0) is 16.1. The molecule has 22 heavy (non-hydrogen) atoms. The van der Waals surface area contributed by atoms with Crippen molar-refractivity contribution in [3.63, 3.8) is 0 Å². The molecule has 0 fully saturated rings. The van der Waals surface area contributed by atoms with Gasteiger partial charge in [0, 0.05) is 11.1 Å². The highest BCUT2D eigenvalue weighted by Crippen LogP contribution is 2.38. The second-order valence-corrected chi connectivity index (χ2v) is 5.57. The predicted octanol–water partition coefficient (Wildman–Crippen LogP) is 4.94. The van der Waals surface area contributed by atoms with Crippen molar-refractivity contribution in [1.29, 1.82) is 0 Å². The average molecular weight is 388 g/mol. The molecule has 0 heterocycles. The lowest BCUT2D eigenvalue weighted by Gasteiger charge is -2.15. The van der Waals surface area contributed by atoms with Gasteiger partial charge in [0.1, 0.15) is 12.4 Å². The molecule has 0 radical (unpaired) electrons. The lowest BCUT2D eigenvalue weighted by atomic mass is 10.2. The Kier molecular flexibility index (Phi) is 5.80. The Morgan fingerprint density at radius 1 is 1.27 bits per heavy atom. The van der Waals surface area contributed by atoms with Crippen LogP contribution in [0, 0.1) is 5.82 Å². The molecule has 2 aromatic rings. The SMILES string of the molecule is CCOc1cc(C(=O)Cl)cc(Br)c1OCc1ccccc1F. The molecule has 2 rings (SSSR count). The van der Waals surface area contributed by atoms with Gasteiger partial charge in [0.15, 0.2) is 11.5 Å². The van der Waals surface area contributed by atoms with Crippen LogP contribution in [0.2, 0.25) is 0 Å². The summed E-state index contributed by atoms with van der Waals surface area (Å²) in [5, 5.41) is -0.595. The van der Waals surface area contributed by atoms with Crippen LogP contribution in [0.15, 0.2) is 40.9 Å². The summed E-state index contributed by atoms with van der Waals surface area (Å²) in [4.78, 5) is 11.3. The van der Waals surface area contributed by atoms with Crippen LogP contribution in [0.3, 0.4) is 0 Å². The predicted molar refractivity (Wildman–Crippen MR) is 86.2 cm³/mol.